The number of nitrogens with one attached hydrogen (secondary N) is 2. The van der Waals surface area contributed by atoms with E-state index in [4.69, 9.17) is 0 Å². The lowest BCUT2D eigenvalue weighted by molar-refractivity contribution is -0.154. The highest BCUT2D eigenvalue weighted by atomic mass is 16.5. The first kappa shape index (κ1) is 13.4. The summed E-state index contributed by atoms with van der Waals surface area (Å²) >= 11 is 0. The first-order chi connectivity index (χ1) is 8.15. The van der Waals surface area contributed by atoms with E-state index in [9.17, 15) is 14.4 Å². The Kier molecular flexibility index (Phi) is 5.41. The molecule has 2 amide bonds. The summed E-state index contributed by atoms with van der Waals surface area (Å²) in [4.78, 5) is 35.4. The van der Waals surface area contributed by atoms with Crippen molar-refractivity contribution in [3.63, 3.8) is 0 Å². The van der Waals surface area contributed by atoms with Gasteiger partial charge in [-0.2, -0.15) is 0 Å². The highest BCUT2D eigenvalue weighted by Gasteiger charge is 2.19. The summed E-state index contributed by atoms with van der Waals surface area (Å²) in [6.45, 7) is 4.31. The lowest BCUT2D eigenvalue weighted by atomic mass is 10.3. The Labute approximate surface area is 99.5 Å². The molecule has 0 aromatic rings. The Balaban J connectivity index is 2.27. The molecule has 1 aliphatic rings. The molecule has 0 atom stereocenters. The van der Waals surface area contributed by atoms with Crippen LogP contribution < -0.4 is 10.6 Å². The van der Waals surface area contributed by atoms with E-state index in [1.165, 1.54) is 0 Å². The van der Waals surface area contributed by atoms with Crippen LogP contribution in [-0.2, 0) is 19.1 Å². The van der Waals surface area contributed by atoms with Crippen molar-refractivity contribution in [1.82, 2.24) is 15.5 Å². The molecule has 1 fully saturated rings. The number of ether oxygens (including phenoxy) is 1. The number of hydrogen-bond acceptors (Lipinski definition) is 5. The van der Waals surface area contributed by atoms with Gasteiger partial charge in [-0.1, -0.05) is 0 Å². The molecule has 0 bridgehead atoms. The monoisotopic (exact) mass is 243 g/mol. The van der Waals surface area contributed by atoms with Crippen LogP contribution in [0.2, 0.25) is 0 Å². The van der Waals surface area contributed by atoms with Crippen molar-refractivity contribution >= 4 is 17.8 Å². The van der Waals surface area contributed by atoms with Crippen molar-refractivity contribution in [2.45, 2.75) is 6.92 Å². The van der Waals surface area contributed by atoms with E-state index in [-0.39, 0.29) is 19.1 Å². The average molecular weight is 243 g/mol. The van der Waals surface area contributed by atoms with E-state index < -0.39 is 11.9 Å². The van der Waals surface area contributed by atoms with Crippen LogP contribution in [0.4, 0.5) is 0 Å². The van der Waals surface area contributed by atoms with Gasteiger partial charge in [0.15, 0.2) is 0 Å². The second kappa shape index (κ2) is 6.85. The van der Waals surface area contributed by atoms with Crippen molar-refractivity contribution in [3.8, 4) is 0 Å². The number of nitrogens with zero attached hydrogens (tertiary/aromatic N) is 1. The zero-order valence-electron chi connectivity index (χ0n) is 9.82. The lowest BCUT2D eigenvalue weighted by Crippen LogP contribution is -2.50. The molecule has 1 saturated heterocycles. The molecule has 0 radical (unpaired) electrons. The van der Waals surface area contributed by atoms with Crippen LogP contribution in [0.3, 0.4) is 0 Å². The fourth-order valence-corrected chi connectivity index (χ4v) is 1.45. The molecular formula is C10H17N3O4. The summed E-state index contributed by atoms with van der Waals surface area (Å²) in [5.74, 6) is -2.03. The fourth-order valence-electron chi connectivity index (χ4n) is 1.45. The summed E-state index contributed by atoms with van der Waals surface area (Å²) in [5.41, 5.74) is 0. The van der Waals surface area contributed by atoms with E-state index in [2.05, 4.69) is 15.4 Å². The second-order valence-corrected chi connectivity index (χ2v) is 3.53. The van der Waals surface area contributed by atoms with E-state index in [0.29, 0.717) is 13.1 Å². The third-order valence-corrected chi connectivity index (χ3v) is 2.33. The van der Waals surface area contributed by atoms with Gasteiger partial charge in [0.2, 0.25) is 5.91 Å². The third kappa shape index (κ3) is 4.39. The molecular weight excluding hydrogens is 226 g/mol. The molecule has 0 aromatic heterocycles. The standard InChI is InChI=1S/C10H17N3O4/c1-2-17-10(16)9(15)12-7-8(14)13-5-3-11-4-6-13/h11H,2-7H2,1H3,(H,12,15). The number of amides is 2. The minimum Gasteiger partial charge on any atom is -0.459 e. The summed E-state index contributed by atoms with van der Waals surface area (Å²) in [6, 6.07) is 0. The van der Waals surface area contributed by atoms with Crippen molar-refractivity contribution in [3.05, 3.63) is 0 Å². The molecule has 0 aromatic carbocycles. The number of carbonyl (C=O) groups excluding carboxylic acids is 3. The molecule has 7 nitrogen and oxygen atoms in total. The van der Waals surface area contributed by atoms with Crippen molar-refractivity contribution in [2.24, 2.45) is 0 Å². The quantitative estimate of drug-likeness (QED) is 0.446. The van der Waals surface area contributed by atoms with Gasteiger partial charge < -0.3 is 20.3 Å². The molecule has 2 N–H and O–H groups in total. The van der Waals surface area contributed by atoms with E-state index in [1.54, 1.807) is 11.8 Å². The van der Waals surface area contributed by atoms with E-state index in [0.717, 1.165) is 13.1 Å². The molecule has 7 heteroatoms. The summed E-state index contributed by atoms with van der Waals surface area (Å²) in [7, 11) is 0. The summed E-state index contributed by atoms with van der Waals surface area (Å²) < 4.78 is 4.50. The van der Waals surface area contributed by atoms with Gasteiger partial charge in [0.1, 0.15) is 0 Å². The Morgan fingerprint density at radius 2 is 1.94 bits per heavy atom. The van der Waals surface area contributed by atoms with Crippen molar-refractivity contribution in [2.75, 3.05) is 39.3 Å². The van der Waals surface area contributed by atoms with Crippen molar-refractivity contribution in [1.29, 1.82) is 0 Å². The number of carbonyl (C=O) groups is 3. The number of rotatable bonds is 3. The van der Waals surface area contributed by atoms with Gasteiger partial charge in [0.05, 0.1) is 13.2 Å². The Hall–Kier alpha value is -1.63. The Morgan fingerprint density at radius 1 is 1.29 bits per heavy atom. The fraction of sp³-hybridized carbons (Fsp3) is 0.700. The zero-order chi connectivity index (χ0) is 12.7. The van der Waals surface area contributed by atoms with Crippen molar-refractivity contribution < 1.29 is 19.1 Å². The van der Waals surface area contributed by atoms with Crippen LogP contribution in [-0.4, -0.2) is 62.0 Å². The topological polar surface area (TPSA) is 87.7 Å². The van der Waals surface area contributed by atoms with Crippen LogP contribution in [0, 0.1) is 0 Å². The van der Waals surface area contributed by atoms with Crippen LogP contribution in [0.5, 0.6) is 0 Å². The normalized spacial score (nSPS) is 15.2. The van der Waals surface area contributed by atoms with Gasteiger partial charge in [0, 0.05) is 26.2 Å². The predicted octanol–water partition coefficient (Wildman–Crippen LogP) is -1.90. The molecule has 1 heterocycles. The van der Waals surface area contributed by atoms with Gasteiger partial charge in [-0.05, 0) is 6.92 Å². The number of esters is 1. The Bertz CT molecular complexity index is 300. The molecule has 0 aliphatic carbocycles. The second-order valence-electron chi connectivity index (χ2n) is 3.53. The molecule has 0 saturated carbocycles. The van der Waals surface area contributed by atoms with Gasteiger partial charge in [-0.25, -0.2) is 4.79 Å². The first-order valence-electron chi connectivity index (χ1n) is 5.58. The van der Waals surface area contributed by atoms with Crippen LogP contribution in [0.15, 0.2) is 0 Å². The van der Waals surface area contributed by atoms with Gasteiger partial charge in [-0.15, -0.1) is 0 Å². The minimum atomic E-state index is -0.958. The zero-order valence-corrected chi connectivity index (χ0v) is 9.82. The Morgan fingerprint density at radius 3 is 2.53 bits per heavy atom. The van der Waals surface area contributed by atoms with Crippen LogP contribution in [0.25, 0.3) is 0 Å². The van der Waals surface area contributed by atoms with Gasteiger partial charge in [-0.3, -0.25) is 9.59 Å². The van der Waals surface area contributed by atoms with E-state index >= 15 is 0 Å². The summed E-state index contributed by atoms with van der Waals surface area (Å²) in [5, 5.41) is 5.35. The highest BCUT2D eigenvalue weighted by molar-refractivity contribution is 6.32. The maximum atomic E-state index is 11.6. The van der Waals surface area contributed by atoms with Crippen LogP contribution >= 0.6 is 0 Å². The molecule has 17 heavy (non-hydrogen) atoms. The first-order valence-corrected chi connectivity index (χ1v) is 5.58. The highest BCUT2D eigenvalue weighted by Crippen LogP contribution is 1.92. The smallest absolute Gasteiger partial charge is 0.396 e. The third-order valence-electron chi connectivity index (χ3n) is 2.33. The van der Waals surface area contributed by atoms with E-state index in [1.807, 2.05) is 0 Å². The maximum Gasteiger partial charge on any atom is 0.396 e. The number of hydrogen-bond donors (Lipinski definition) is 2. The minimum absolute atomic E-state index is 0.137. The van der Waals surface area contributed by atoms with Gasteiger partial charge in [0.25, 0.3) is 0 Å². The van der Waals surface area contributed by atoms with Crippen LogP contribution in [0.1, 0.15) is 6.92 Å². The SMILES string of the molecule is CCOC(=O)C(=O)NCC(=O)N1CCNCC1. The summed E-state index contributed by atoms with van der Waals surface area (Å²) in [6.07, 6.45) is 0. The molecule has 0 spiro atoms. The van der Waals surface area contributed by atoms with Gasteiger partial charge >= 0.3 is 11.9 Å². The molecule has 96 valence electrons. The molecule has 0 unspecified atom stereocenters. The maximum absolute atomic E-state index is 11.6. The molecule has 1 aliphatic heterocycles. The predicted molar refractivity (Wildman–Crippen MR) is 59.1 cm³/mol. The average Bonchev–Trinajstić information content (AvgIpc) is 2.36. The number of piperazine rings is 1. The lowest BCUT2D eigenvalue weighted by Gasteiger charge is -2.27. The largest absolute Gasteiger partial charge is 0.459 e. The molecule has 1 rings (SSSR count).